The zero-order chi connectivity index (χ0) is 15.4. The van der Waals surface area contributed by atoms with Crippen LogP contribution in [0, 0.1) is 21.8 Å². The molecule has 1 saturated carbocycles. The van der Waals surface area contributed by atoms with Crippen molar-refractivity contribution in [2.45, 2.75) is 39.3 Å². The second kappa shape index (κ2) is 4.88. The summed E-state index contributed by atoms with van der Waals surface area (Å²) in [4.78, 5) is 2.85. The molecular weight excluding hydrogens is 294 g/mol. The van der Waals surface area contributed by atoms with Gasteiger partial charge in [0.1, 0.15) is 11.3 Å². The molecule has 1 aromatic heterocycles. The van der Waals surface area contributed by atoms with Crippen molar-refractivity contribution in [2.24, 2.45) is 5.41 Å². The maximum Gasteiger partial charge on any atom is 0.178 e. The molecule has 0 amide bonds. The topological polar surface area (TPSA) is 29.9 Å². The van der Waals surface area contributed by atoms with E-state index in [0.29, 0.717) is 16.9 Å². The summed E-state index contributed by atoms with van der Waals surface area (Å²) in [7, 11) is 0. The summed E-state index contributed by atoms with van der Waals surface area (Å²) in [5, 5.41) is 0. The van der Waals surface area contributed by atoms with Crippen LogP contribution in [0.25, 0.3) is 11.0 Å². The molecule has 2 atom stereocenters. The Morgan fingerprint density at radius 3 is 2.76 bits per heavy atom. The van der Waals surface area contributed by atoms with Gasteiger partial charge in [-0.2, -0.15) is 0 Å². The average molecular weight is 312 g/mol. The van der Waals surface area contributed by atoms with Crippen LogP contribution in [0.4, 0.5) is 8.78 Å². The standard InChI is InChI=1S/C15H18F2N2OS/c1-4-20-12-7-11(15(12,2)3)19-10-6-8(16)5-9(17)13(10)18-14(19)21/h5-6,11-12H,4,7H2,1-3H3,(H,18,21). The Bertz CT molecular complexity index is 750. The van der Waals surface area contributed by atoms with Gasteiger partial charge < -0.3 is 14.3 Å². The number of benzene rings is 1. The molecule has 6 heteroatoms. The second-order valence-corrected chi connectivity index (χ2v) is 6.49. The maximum absolute atomic E-state index is 13.9. The zero-order valence-corrected chi connectivity index (χ0v) is 13.1. The summed E-state index contributed by atoms with van der Waals surface area (Å²) in [6, 6.07) is 2.26. The van der Waals surface area contributed by atoms with Gasteiger partial charge in [0.15, 0.2) is 10.6 Å². The van der Waals surface area contributed by atoms with E-state index in [0.717, 1.165) is 12.5 Å². The molecule has 0 aliphatic heterocycles. The summed E-state index contributed by atoms with van der Waals surface area (Å²) in [6.07, 6.45) is 0.929. The number of ether oxygens (including phenoxy) is 1. The van der Waals surface area contributed by atoms with Crippen LogP contribution in [-0.2, 0) is 4.74 Å². The zero-order valence-electron chi connectivity index (χ0n) is 12.2. The lowest BCUT2D eigenvalue weighted by molar-refractivity contribution is -0.127. The molecular formula is C15H18F2N2OS. The number of aromatic nitrogens is 2. The van der Waals surface area contributed by atoms with Crippen LogP contribution in [0.2, 0.25) is 0 Å². The highest BCUT2D eigenvalue weighted by molar-refractivity contribution is 7.71. The average Bonchev–Trinajstić information content (AvgIpc) is 2.71. The monoisotopic (exact) mass is 312 g/mol. The number of imidazole rings is 1. The molecule has 1 aliphatic carbocycles. The van der Waals surface area contributed by atoms with Gasteiger partial charge in [0.05, 0.1) is 11.6 Å². The molecule has 1 fully saturated rings. The number of hydrogen-bond acceptors (Lipinski definition) is 2. The third-order valence-corrected chi connectivity index (χ3v) is 4.85. The van der Waals surface area contributed by atoms with Crippen LogP contribution in [-0.4, -0.2) is 22.3 Å². The van der Waals surface area contributed by atoms with Crippen molar-refractivity contribution in [2.75, 3.05) is 6.61 Å². The Balaban J connectivity index is 2.10. The molecule has 0 bridgehead atoms. The van der Waals surface area contributed by atoms with Crippen LogP contribution in [0.1, 0.15) is 33.2 Å². The number of rotatable bonds is 3. The number of aromatic amines is 1. The summed E-state index contributed by atoms with van der Waals surface area (Å²) < 4.78 is 35.4. The third-order valence-electron chi connectivity index (χ3n) is 4.55. The molecule has 2 aromatic rings. The fourth-order valence-electron chi connectivity index (χ4n) is 3.25. The van der Waals surface area contributed by atoms with Crippen molar-refractivity contribution in [3.63, 3.8) is 0 Å². The van der Waals surface area contributed by atoms with E-state index in [1.54, 1.807) is 0 Å². The Hall–Kier alpha value is -1.27. The number of nitrogens with one attached hydrogen (secondary N) is 1. The number of hydrogen-bond donors (Lipinski definition) is 1. The van der Waals surface area contributed by atoms with E-state index in [2.05, 4.69) is 18.8 Å². The first-order chi connectivity index (χ1) is 9.86. The SMILES string of the molecule is CCOC1CC(n2c(=S)[nH]c3c(F)cc(F)cc32)C1(C)C. The molecule has 1 N–H and O–H groups in total. The lowest BCUT2D eigenvalue weighted by Gasteiger charge is -2.52. The van der Waals surface area contributed by atoms with Crippen molar-refractivity contribution in [1.29, 1.82) is 0 Å². The normalized spacial score (nSPS) is 24.2. The largest absolute Gasteiger partial charge is 0.378 e. The van der Waals surface area contributed by atoms with E-state index in [-0.39, 0.29) is 23.1 Å². The van der Waals surface area contributed by atoms with E-state index in [1.807, 2.05) is 11.5 Å². The minimum Gasteiger partial charge on any atom is -0.378 e. The molecule has 3 rings (SSSR count). The lowest BCUT2D eigenvalue weighted by Crippen LogP contribution is -2.51. The first kappa shape index (κ1) is 14.7. The van der Waals surface area contributed by atoms with Gasteiger partial charge in [0, 0.05) is 24.1 Å². The van der Waals surface area contributed by atoms with Crippen LogP contribution < -0.4 is 0 Å². The second-order valence-electron chi connectivity index (χ2n) is 6.10. The molecule has 1 aliphatic rings. The fourth-order valence-corrected chi connectivity index (χ4v) is 3.57. The van der Waals surface area contributed by atoms with E-state index < -0.39 is 11.6 Å². The number of fused-ring (bicyclic) bond motifs is 1. The smallest absolute Gasteiger partial charge is 0.178 e. The fraction of sp³-hybridized carbons (Fsp3) is 0.533. The van der Waals surface area contributed by atoms with Gasteiger partial charge in [-0.1, -0.05) is 13.8 Å². The molecule has 21 heavy (non-hydrogen) atoms. The first-order valence-corrected chi connectivity index (χ1v) is 7.48. The highest BCUT2D eigenvalue weighted by Crippen LogP contribution is 2.52. The number of halogens is 2. The number of H-pyrrole nitrogens is 1. The predicted octanol–water partition coefficient (Wildman–Crippen LogP) is 4.35. The molecule has 1 aromatic carbocycles. The van der Waals surface area contributed by atoms with E-state index in [4.69, 9.17) is 17.0 Å². The number of nitrogens with zero attached hydrogens (tertiary/aromatic N) is 1. The molecule has 2 unspecified atom stereocenters. The van der Waals surface area contributed by atoms with Crippen LogP contribution in [0.15, 0.2) is 12.1 Å². The van der Waals surface area contributed by atoms with Crippen LogP contribution >= 0.6 is 12.2 Å². The Morgan fingerprint density at radius 1 is 1.43 bits per heavy atom. The highest BCUT2D eigenvalue weighted by Gasteiger charge is 2.50. The van der Waals surface area contributed by atoms with E-state index in [1.165, 1.54) is 6.07 Å². The molecule has 0 saturated heterocycles. The maximum atomic E-state index is 13.9. The van der Waals surface area contributed by atoms with Crippen molar-refractivity contribution in [1.82, 2.24) is 9.55 Å². The van der Waals surface area contributed by atoms with Gasteiger partial charge in [0.25, 0.3) is 0 Å². The summed E-state index contributed by atoms with van der Waals surface area (Å²) in [5.74, 6) is -1.21. The van der Waals surface area contributed by atoms with Gasteiger partial charge in [-0.05, 0) is 31.6 Å². The van der Waals surface area contributed by atoms with E-state index >= 15 is 0 Å². The van der Waals surface area contributed by atoms with Crippen LogP contribution in [0.5, 0.6) is 0 Å². The quantitative estimate of drug-likeness (QED) is 0.854. The van der Waals surface area contributed by atoms with Gasteiger partial charge >= 0.3 is 0 Å². The van der Waals surface area contributed by atoms with Gasteiger partial charge in [-0.15, -0.1) is 0 Å². The van der Waals surface area contributed by atoms with Gasteiger partial charge in [-0.25, -0.2) is 8.78 Å². The summed E-state index contributed by atoms with van der Waals surface area (Å²) >= 11 is 5.32. The minimum absolute atomic E-state index is 0.0662. The molecule has 114 valence electrons. The van der Waals surface area contributed by atoms with Gasteiger partial charge in [0.2, 0.25) is 0 Å². The molecule has 0 spiro atoms. The van der Waals surface area contributed by atoms with Crippen LogP contribution in [0.3, 0.4) is 0 Å². The highest BCUT2D eigenvalue weighted by atomic mass is 32.1. The van der Waals surface area contributed by atoms with Crippen molar-refractivity contribution in [3.05, 3.63) is 28.5 Å². The molecule has 3 nitrogen and oxygen atoms in total. The van der Waals surface area contributed by atoms with Crippen molar-refractivity contribution >= 4 is 23.3 Å². The minimum atomic E-state index is -0.617. The third kappa shape index (κ3) is 2.12. The summed E-state index contributed by atoms with van der Waals surface area (Å²) in [6.45, 7) is 6.81. The van der Waals surface area contributed by atoms with Crippen molar-refractivity contribution in [3.8, 4) is 0 Å². The van der Waals surface area contributed by atoms with Crippen molar-refractivity contribution < 1.29 is 13.5 Å². The predicted molar refractivity (Wildman–Crippen MR) is 79.9 cm³/mol. The summed E-state index contributed by atoms with van der Waals surface area (Å²) in [5.41, 5.74) is 0.606. The lowest BCUT2D eigenvalue weighted by atomic mass is 9.64. The Morgan fingerprint density at radius 2 is 2.14 bits per heavy atom. The Labute approximate surface area is 126 Å². The first-order valence-electron chi connectivity index (χ1n) is 7.07. The Kier molecular flexibility index (Phi) is 3.41. The van der Waals surface area contributed by atoms with E-state index in [9.17, 15) is 8.78 Å². The molecule has 1 heterocycles. The van der Waals surface area contributed by atoms with Gasteiger partial charge in [-0.3, -0.25) is 0 Å². The molecule has 0 radical (unpaired) electrons.